The number of hydrogen-bond acceptors (Lipinski definition) is 5. The molecule has 0 spiro atoms. The first-order valence-electron chi connectivity index (χ1n) is 10.9. The molecule has 2 N–H and O–H groups in total. The fourth-order valence-electron chi connectivity index (χ4n) is 4.39. The van der Waals surface area contributed by atoms with Gasteiger partial charge in [0.15, 0.2) is 0 Å². The van der Waals surface area contributed by atoms with Crippen LogP contribution in [0.2, 0.25) is 0 Å². The van der Waals surface area contributed by atoms with Crippen LogP contribution in [0.1, 0.15) is 19.4 Å². The van der Waals surface area contributed by atoms with Crippen LogP contribution in [-0.4, -0.2) is 59.4 Å². The Bertz CT molecular complexity index is 1070. The Balaban J connectivity index is 1.33. The molecule has 0 bridgehead atoms. The maximum atomic E-state index is 11.4. The summed E-state index contributed by atoms with van der Waals surface area (Å²) in [7, 11) is 0. The number of aryl methyl sites for hydroxylation is 1. The molecule has 0 saturated carbocycles. The van der Waals surface area contributed by atoms with Crippen molar-refractivity contribution >= 4 is 16.6 Å². The van der Waals surface area contributed by atoms with Gasteiger partial charge in [0.2, 0.25) is 5.56 Å². The number of β-amino-alcohol motifs (C(OH)–C–C–N with tert-alkyl or cyclic N) is 1. The minimum absolute atomic E-state index is 0.123. The van der Waals surface area contributed by atoms with E-state index in [0.717, 1.165) is 24.0 Å². The van der Waals surface area contributed by atoms with E-state index in [1.807, 2.05) is 18.2 Å². The zero-order chi connectivity index (χ0) is 22.0. The van der Waals surface area contributed by atoms with E-state index in [9.17, 15) is 9.90 Å². The van der Waals surface area contributed by atoms with Crippen molar-refractivity contribution < 1.29 is 9.84 Å². The Hall–Kier alpha value is -2.83. The van der Waals surface area contributed by atoms with Crippen LogP contribution in [0.5, 0.6) is 5.75 Å². The van der Waals surface area contributed by atoms with Gasteiger partial charge in [0, 0.05) is 54.4 Å². The third-order valence-corrected chi connectivity index (χ3v) is 6.06. The van der Waals surface area contributed by atoms with Crippen LogP contribution in [0.3, 0.4) is 0 Å². The highest BCUT2D eigenvalue weighted by atomic mass is 16.5. The molecule has 6 heteroatoms. The minimum atomic E-state index is -0.581. The molecular weight excluding hydrogens is 390 g/mol. The molecule has 164 valence electrons. The number of pyridine rings is 1. The average molecular weight is 422 g/mol. The second kappa shape index (κ2) is 9.12. The highest BCUT2D eigenvalue weighted by Crippen LogP contribution is 2.23. The lowest BCUT2D eigenvalue weighted by Gasteiger charge is -2.46. The maximum Gasteiger partial charge on any atom is 0.248 e. The molecule has 4 rings (SSSR count). The normalized spacial score (nSPS) is 20.7. The van der Waals surface area contributed by atoms with Crippen molar-refractivity contribution in [1.29, 1.82) is 0 Å². The SMILES string of the molecule is Cc1ccc(N2CC(C)N(C[C@H](O)COc3ccc4[nH]c(=O)ccc4c3)[C@H](C)C2)cc1. The second-order valence-corrected chi connectivity index (χ2v) is 8.67. The van der Waals surface area contributed by atoms with Gasteiger partial charge < -0.3 is 19.7 Å². The van der Waals surface area contributed by atoms with Gasteiger partial charge in [-0.05, 0) is 57.2 Å². The van der Waals surface area contributed by atoms with Gasteiger partial charge in [-0.2, -0.15) is 0 Å². The number of rotatable bonds is 6. The predicted molar refractivity (Wildman–Crippen MR) is 125 cm³/mol. The molecule has 31 heavy (non-hydrogen) atoms. The van der Waals surface area contributed by atoms with Crippen molar-refractivity contribution in [2.75, 3.05) is 31.1 Å². The Morgan fingerprint density at radius 3 is 2.48 bits per heavy atom. The largest absolute Gasteiger partial charge is 0.491 e. The highest BCUT2D eigenvalue weighted by molar-refractivity contribution is 5.79. The number of ether oxygens (including phenoxy) is 1. The minimum Gasteiger partial charge on any atom is -0.491 e. The first kappa shape index (κ1) is 21.4. The molecule has 3 atom stereocenters. The molecule has 1 unspecified atom stereocenters. The number of aromatic amines is 1. The molecule has 6 nitrogen and oxygen atoms in total. The summed E-state index contributed by atoms with van der Waals surface area (Å²) in [5.41, 5.74) is 3.17. The van der Waals surface area contributed by atoms with E-state index in [1.165, 1.54) is 17.3 Å². The van der Waals surface area contributed by atoms with Crippen molar-refractivity contribution in [3.05, 3.63) is 70.5 Å². The summed E-state index contributed by atoms with van der Waals surface area (Å²) >= 11 is 0. The molecule has 1 aliphatic rings. The van der Waals surface area contributed by atoms with Gasteiger partial charge in [0.25, 0.3) is 0 Å². The third kappa shape index (κ3) is 5.09. The standard InChI is InChI=1S/C25H31N3O3/c1-17-4-7-21(8-5-17)27-13-18(2)28(19(3)14-27)15-22(29)16-31-23-9-10-24-20(12-23)6-11-25(30)26-24/h4-12,18-19,22,29H,13-16H2,1-3H3,(H,26,30)/t18-,19?,22+/m1/s1. The topological polar surface area (TPSA) is 68.8 Å². The number of fused-ring (bicyclic) bond motifs is 1. The number of hydrogen-bond donors (Lipinski definition) is 2. The van der Waals surface area contributed by atoms with Gasteiger partial charge in [-0.25, -0.2) is 0 Å². The van der Waals surface area contributed by atoms with Crippen LogP contribution in [0.25, 0.3) is 10.9 Å². The van der Waals surface area contributed by atoms with Gasteiger partial charge in [-0.15, -0.1) is 0 Å². The number of aliphatic hydroxyl groups is 1. The number of nitrogens with zero attached hydrogens (tertiary/aromatic N) is 2. The van der Waals surface area contributed by atoms with E-state index in [-0.39, 0.29) is 12.2 Å². The molecular formula is C25H31N3O3. The van der Waals surface area contributed by atoms with Crippen LogP contribution < -0.4 is 15.2 Å². The van der Waals surface area contributed by atoms with Crippen molar-refractivity contribution in [1.82, 2.24) is 9.88 Å². The smallest absolute Gasteiger partial charge is 0.248 e. The zero-order valence-electron chi connectivity index (χ0n) is 18.4. The highest BCUT2D eigenvalue weighted by Gasteiger charge is 2.30. The maximum absolute atomic E-state index is 11.4. The Morgan fingerprint density at radius 2 is 1.77 bits per heavy atom. The van der Waals surface area contributed by atoms with Gasteiger partial charge >= 0.3 is 0 Å². The molecule has 1 aliphatic heterocycles. The first-order chi connectivity index (χ1) is 14.9. The summed E-state index contributed by atoms with van der Waals surface area (Å²) in [5, 5.41) is 11.5. The molecule has 1 fully saturated rings. The summed E-state index contributed by atoms with van der Waals surface area (Å²) < 4.78 is 5.84. The second-order valence-electron chi connectivity index (χ2n) is 8.67. The van der Waals surface area contributed by atoms with Gasteiger partial charge in [0.1, 0.15) is 18.5 Å². The van der Waals surface area contributed by atoms with E-state index in [2.05, 4.69) is 59.8 Å². The summed E-state index contributed by atoms with van der Waals surface area (Å²) in [4.78, 5) is 19.0. The third-order valence-electron chi connectivity index (χ3n) is 6.06. The summed E-state index contributed by atoms with van der Waals surface area (Å²) in [6.45, 7) is 9.21. The summed E-state index contributed by atoms with van der Waals surface area (Å²) in [6.07, 6.45) is -0.581. The quantitative estimate of drug-likeness (QED) is 0.640. The fourth-order valence-corrected chi connectivity index (χ4v) is 4.39. The van der Waals surface area contributed by atoms with Crippen molar-refractivity contribution in [3.63, 3.8) is 0 Å². The van der Waals surface area contributed by atoms with Crippen LogP contribution in [-0.2, 0) is 0 Å². The molecule has 1 saturated heterocycles. The number of aromatic nitrogens is 1. The Morgan fingerprint density at radius 1 is 1.06 bits per heavy atom. The number of nitrogens with one attached hydrogen (secondary N) is 1. The summed E-state index contributed by atoms with van der Waals surface area (Å²) in [6, 6.07) is 18.1. The number of H-pyrrole nitrogens is 1. The monoisotopic (exact) mass is 421 g/mol. The molecule has 2 aromatic carbocycles. The van der Waals surface area contributed by atoms with Crippen LogP contribution >= 0.6 is 0 Å². The number of piperazine rings is 1. The van der Waals surface area contributed by atoms with Gasteiger partial charge in [-0.1, -0.05) is 17.7 Å². The average Bonchev–Trinajstić information content (AvgIpc) is 2.75. The first-order valence-corrected chi connectivity index (χ1v) is 10.9. The van der Waals surface area contributed by atoms with Crippen molar-refractivity contribution in [2.45, 2.75) is 39.0 Å². The Labute approximate surface area is 183 Å². The lowest BCUT2D eigenvalue weighted by atomic mass is 10.1. The molecule has 0 aliphatic carbocycles. The van der Waals surface area contributed by atoms with Gasteiger partial charge in [-0.3, -0.25) is 9.69 Å². The van der Waals surface area contributed by atoms with Crippen LogP contribution in [0.15, 0.2) is 59.4 Å². The summed E-state index contributed by atoms with van der Waals surface area (Å²) in [5.74, 6) is 0.684. The molecule has 3 aromatic rings. The van der Waals surface area contributed by atoms with Gasteiger partial charge in [0.05, 0.1) is 0 Å². The molecule has 0 radical (unpaired) electrons. The Kier molecular flexibility index (Phi) is 6.30. The van der Waals surface area contributed by atoms with E-state index < -0.39 is 6.10 Å². The van der Waals surface area contributed by atoms with E-state index in [4.69, 9.17) is 4.74 Å². The van der Waals surface area contributed by atoms with E-state index >= 15 is 0 Å². The lowest BCUT2D eigenvalue weighted by Crippen LogP contribution is -2.58. The number of aliphatic hydroxyl groups excluding tert-OH is 1. The van der Waals surface area contributed by atoms with E-state index in [0.29, 0.717) is 24.4 Å². The number of benzene rings is 2. The number of anilines is 1. The van der Waals surface area contributed by atoms with E-state index in [1.54, 1.807) is 6.07 Å². The zero-order valence-corrected chi connectivity index (χ0v) is 18.4. The fraction of sp³-hybridized carbons (Fsp3) is 0.400. The molecule has 0 amide bonds. The molecule has 1 aromatic heterocycles. The van der Waals surface area contributed by atoms with Crippen LogP contribution in [0.4, 0.5) is 5.69 Å². The van der Waals surface area contributed by atoms with Crippen molar-refractivity contribution in [3.8, 4) is 5.75 Å². The lowest BCUT2D eigenvalue weighted by molar-refractivity contribution is 0.0318. The predicted octanol–water partition coefficient (Wildman–Crippen LogP) is 3.18. The van der Waals surface area contributed by atoms with Crippen molar-refractivity contribution in [2.24, 2.45) is 0 Å². The van der Waals surface area contributed by atoms with Crippen LogP contribution in [0, 0.1) is 6.92 Å². The molecule has 2 heterocycles.